The monoisotopic (exact) mass is 226 g/mol. The maximum Gasteiger partial charge on any atom is 0.0943 e. The lowest BCUT2D eigenvalue weighted by Crippen LogP contribution is -1.76. The van der Waals surface area contributed by atoms with Crippen LogP contribution in [-0.4, -0.2) is 9.55 Å². The minimum absolute atomic E-state index is 0. The third kappa shape index (κ3) is 3.76. The molecule has 0 N–H and O–H groups in total. The molecule has 2 heteroatoms. The Labute approximate surface area is 103 Å². The second-order valence-electron chi connectivity index (χ2n) is 3.58. The van der Waals surface area contributed by atoms with Crippen LogP contribution in [0.1, 0.15) is 7.43 Å². The number of rotatable bonds is 0. The summed E-state index contributed by atoms with van der Waals surface area (Å²) in [4.78, 5) is 3.78. The fourth-order valence-corrected chi connectivity index (χ4v) is 1.46. The van der Waals surface area contributed by atoms with Crippen LogP contribution in [-0.2, 0) is 7.05 Å². The number of hydrogen-bond donors (Lipinski definition) is 0. The van der Waals surface area contributed by atoms with Gasteiger partial charge in [-0.3, -0.25) is 0 Å². The van der Waals surface area contributed by atoms with Gasteiger partial charge in [0.25, 0.3) is 0 Å². The van der Waals surface area contributed by atoms with Crippen LogP contribution < -0.4 is 0 Å². The van der Waals surface area contributed by atoms with Gasteiger partial charge in [0.15, 0.2) is 0 Å². The zero-order chi connectivity index (χ0) is 11.2. The Hall–Kier alpha value is -2.09. The molecule has 1 aromatic heterocycles. The fourth-order valence-electron chi connectivity index (χ4n) is 1.46. The Morgan fingerprint density at radius 1 is 0.882 bits per heavy atom. The van der Waals surface area contributed by atoms with Crippen molar-refractivity contribution in [2.75, 3.05) is 0 Å². The largest absolute Gasteiger partial charge is 0.341 e. The van der Waals surface area contributed by atoms with Gasteiger partial charge >= 0.3 is 0 Å². The number of hydrogen-bond acceptors (Lipinski definition) is 1. The minimum Gasteiger partial charge on any atom is -0.341 e. The van der Waals surface area contributed by atoms with Crippen molar-refractivity contribution >= 4 is 10.8 Å². The molecule has 3 rings (SSSR count). The van der Waals surface area contributed by atoms with E-state index in [1.807, 2.05) is 17.8 Å². The molecule has 0 amide bonds. The van der Waals surface area contributed by atoms with Crippen LogP contribution in [0.5, 0.6) is 0 Å². The normalized spacial score (nSPS) is 9.00. The molecule has 0 radical (unpaired) electrons. The number of aromatic nitrogens is 2. The zero-order valence-corrected chi connectivity index (χ0v) is 9.25. The number of aryl methyl sites for hydroxylation is 1. The molecule has 0 saturated carbocycles. The van der Waals surface area contributed by atoms with E-state index in [2.05, 4.69) is 53.5 Å². The van der Waals surface area contributed by atoms with Crippen molar-refractivity contribution in [3.63, 3.8) is 0 Å². The predicted molar refractivity (Wildman–Crippen MR) is 73.9 cm³/mol. The van der Waals surface area contributed by atoms with Crippen LogP contribution in [0.2, 0.25) is 0 Å². The van der Waals surface area contributed by atoms with Crippen molar-refractivity contribution in [1.82, 2.24) is 9.55 Å². The Morgan fingerprint density at radius 2 is 1.35 bits per heavy atom. The van der Waals surface area contributed by atoms with Gasteiger partial charge in [0.2, 0.25) is 0 Å². The third-order valence-corrected chi connectivity index (χ3v) is 2.30. The van der Waals surface area contributed by atoms with Gasteiger partial charge < -0.3 is 4.57 Å². The first-order valence-corrected chi connectivity index (χ1v) is 5.22. The molecule has 2 aromatic carbocycles. The van der Waals surface area contributed by atoms with Crippen molar-refractivity contribution in [3.05, 3.63) is 67.3 Å². The Bertz CT molecular complexity index is 476. The van der Waals surface area contributed by atoms with E-state index in [-0.39, 0.29) is 7.43 Å². The molecule has 0 fully saturated rings. The van der Waals surface area contributed by atoms with Crippen LogP contribution in [0.3, 0.4) is 0 Å². The van der Waals surface area contributed by atoms with Gasteiger partial charge in [0.05, 0.1) is 6.33 Å². The zero-order valence-electron chi connectivity index (χ0n) is 9.25. The van der Waals surface area contributed by atoms with E-state index < -0.39 is 0 Å². The summed E-state index contributed by atoms with van der Waals surface area (Å²) in [5.41, 5.74) is 0. The van der Waals surface area contributed by atoms with Gasteiger partial charge in [-0.05, 0) is 10.8 Å². The van der Waals surface area contributed by atoms with E-state index >= 15 is 0 Å². The fraction of sp³-hybridized carbons (Fsp3) is 0.133. The first-order chi connectivity index (χ1) is 7.86. The molecule has 0 bridgehead atoms. The van der Waals surface area contributed by atoms with Crippen molar-refractivity contribution in [2.45, 2.75) is 7.43 Å². The smallest absolute Gasteiger partial charge is 0.0943 e. The molecule has 88 valence electrons. The first-order valence-electron chi connectivity index (χ1n) is 5.22. The number of nitrogens with zero attached hydrogens (tertiary/aromatic N) is 2. The summed E-state index contributed by atoms with van der Waals surface area (Å²) in [6, 6.07) is 16.7. The highest BCUT2D eigenvalue weighted by molar-refractivity contribution is 5.81. The molecule has 17 heavy (non-hydrogen) atoms. The summed E-state index contributed by atoms with van der Waals surface area (Å²) in [6.07, 6.45) is 5.39. The van der Waals surface area contributed by atoms with E-state index in [9.17, 15) is 0 Å². The van der Waals surface area contributed by atoms with Gasteiger partial charge in [0, 0.05) is 19.4 Å². The Morgan fingerprint density at radius 3 is 1.59 bits per heavy atom. The molecule has 0 atom stereocenters. The highest BCUT2D eigenvalue weighted by atomic mass is 15.0. The summed E-state index contributed by atoms with van der Waals surface area (Å²) in [7, 11) is 1.94. The van der Waals surface area contributed by atoms with Crippen LogP contribution in [0.4, 0.5) is 0 Å². The topological polar surface area (TPSA) is 17.8 Å². The van der Waals surface area contributed by atoms with Gasteiger partial charge in [-0.15, -0.1) is 0 Å². The maximum atomic E-state index is 3.78. The van der Waals surface area contributed by atoms with E-state index in [0.717, 1.165) is 0 Å². The van der Waals surface area contributed by atoms with Gasteiger partial charge in [-0.1, -0.05) is 56.0 Å². The molecule has 1 heterocycles. The van der Waals surface area contributed by atoms with Gasteiger partial charge in [-0.2, -0.15) is 0 Å². The summed E-state index contributed by atoms with van der Waals surface area (Å²) >= 11 is 0. The first kappa shape index (κ1) is 13.0. The molecule has 0 unspecified atom stereocenters. The standard InChI is InChI=1S/C10H8.C4H6N2.CH4/c1-2-6-10-8-4-3-7-9(10)5-1;1-6-3-2-5-4-6;/h1-8H;2-4H,1H3;1H4. The Balaban J connectivity index is 0.000000180. The van der Waals surface area contributed by atoms with E-state index in [4.69, 9.17) is 0 Å². The average Bonchev–Trinajstić information content (AvgIpc) is 2.81. The summed E-state index contributed by atoms with van der Waals surface area (Å²) in [5, 5.41) is 2.62. The van der Waals surface area contributed by atoms with Crippen LogP contribution in [0, 0.1) is 0 Å². The number of fused-ring (bicyclic) bond motifs is 1. The molecular weight excluding hydrogens is 208 g/mol. The lowest BCUT2D eigenvalue weighted by atomic mass is 10.1. The van der Waals surface area contributed by atoms with Gasteiger partial charge in [0.1, 0.15) is 0 Å². The van der Waals surface area contributed by atoms with Crippen molar-refractivity contribution in [3.8, 4) is 0 Å². The summed E-state index contributed by atoms with van der Waals surface area (Å²) in [6.45, 7) is 0. The lowest BCUT2D eigenvalue weighted by Gasteiger charge is -1.92. The van der Waals surface area contributed by atoms with E-state index in [1.54, 1.807) is 12.5 Å². The highest BCUT2D eigenvalue weighted by Crippen LogP contribution is 2.11. The van der Waals surface area contributed by atoms with Crippen molar-refractivity contribution in [1.29, 1.82) is 0 Å². The minimum atomic E-state index is 0. The second kappa shape index (κ2) is 6.48. The molecule has 3 aromatic rings. The predicted octanol–water partition coefficient (Wildman–Crippen LogP) is 3.90. The van der Waals surface area contributed by atoms with Gasteiger partial charge in [-0.25, -0.2) is 4.98 Å². The van der Waals surface area contributed by atoms with Crippen LogP contribution in [0.25, 0.3) is 10.8 Å². The highest BCUT2D eigenvalue weighted by Gasteiger charge is 1.85. The molecule has 2 nitrogen and oxygen atoms in total. The van der Waals surface area contributed by atoms with E-state index in [0.29, 0.717) is 0 Å². The van der Waals surface area contributed by atoms with Crippen LogP contribution in [0.15, 0.2) is 67.3 Å². The molecular formula is C15H18N2. The summed E-state index contributed by atoms with van der Waals surface area (Å²) < 4.78 is 1.89. The molecule has 0 saturated heterocycles. The van der Waals surface area contributed by atoms with E-state index in [1.165, 1.54) is 10.8 Å². The Kier molecular flexibility index (Phi) is 4.95. The van der Waals surface area contributed by atoms with Crippen molar-refractivity contribution < 1.29 is 0 Å². The van der Waals surface area contributed by atoms with Crippen LogP contribution >= 0.6 is 0 Å². The SMILES string of the molecule is C.Cn1ccnc1.c1ccc2ccccc2c1. The second-order valence-corrected chi connectivity index (χ2v) is 3.58. The quantitative estimate of drug-likeness (QED) is 0.568. The lowest BCUT2D eigenvalue weighted by molar-refractivity contribution is 0.913. The number of benzene rings is 2. The molecule has 0 aliphatic heterocycles. The number of imidazole rings is 1. The summed E-state index contributed by atoms with van der Waals surface area (Å²) in [5.74, 6) is 0. The third-order valence-electron chi connectivity index (χ3n) is 2.30. The molecule has 0 spiro atoms. The molecule has 0 aliphatic rings. The average molecular weight is 226 g/mol. The van der Waals surface area contributed by atoms with Crippen molar-refractivity contribution in [2.24, 2.45) is 7.05 Å². The molecule has 0 aliphatic carbocycles. The maximum absolute atomic E-state index is 3.78.